The lowest BCUT2D eigenvalue weighted by atomic mass is 10.1. The quantitative estimate of drug-likeness (QED) is 0.430. The van der Waals surface area contributed by atoms with Crippen molar-refractivity contribution in [3.63, 3.8) is 0 Å². The highest BCUT2D eigenvalue weighted by Gasteiger charge is 2.18. The topological polar surface area (TPSA) is 124 Å². The predicted molar refractivity (Wildman–Crippen MR) is 117 cm³/mol. The molecule has 0 unspecified atom stereocenters. The first kappa shape index (κ1) is 21.7. The SMILES string of the molecule is C=C(C)OC(=O)Nc1cnc2nc(-c3cc(NC(=O)c4oc(C)nc4C)ccc3F)cn2c1. The van der Waals surface area contributed by atoms with E-state index in [0.717, 1.165) is 0 Å². The van der Waals surface area contributed by atoms with Crippen molar-refractivity contribution in [2.75, 3.05) is 10.6 Å². The molecule has 168 valence electrons. The van der Waals surface area contributed by atoms with Gasteiger partial charge in [0.25, 0.3) is 5.91 Å². The molecule has 0 radical (unpaired) electrons. The van der Waals surface area contributed by atoms with E-state index in [1.54, 1.807) is 33.2 Å². The van der Waals surface area contributed by atoms with Crippen molar-refractivity contribution in [2.24, 2.45) is 0 Å². The number of anilines is 2. The number of hydrogen-bond acceptors (Lipinski definition) is 7. The maximum atomic E-state index is 14.6. The number of benzene rings is 1. The highest BCUT2D eigenvalue weighted by atomic mass is 19.1. The zero-order valence-electron chi connectivity index (χ0n) is 18.0. The van der Waals surface area contributed by atoms with Crippen molar-refractivity contribution < 1.29 is 23.1 Å². The van der Waals surface area contributed by atoms with Crippen molar-refractivity contribution in [1.29, 1.82) is 0 Å². The van der Waals surface area contributed by atoms with Gasteiger partial charge in [0.1, 0.15) is 5.82 Å². The van der Waals surface area contributed by atoms with Crippen LogP contribution in [0.5, 0.6) is 0 Å². The van der Waals surface area contributed by atoms with Crippen LogP contribution in [0, 0.1) is 19.7 Å². The fraction of sp³-hybridized carbons (Fsp3) is 0.136. The molecule has 0 atom stereocenters. The lowest BCUT2D eigenvalue weighted by Crippen LogP contribution is -2.12. The fourth-order valence-corrected chi connectivity index (χ4v) is 3.11. The third kappa shape index (κ3) is 4.71. The number of nitrogens with one attached hydrogen (secondary N) is 2. The van der Waals surface area contributed by atoms with Gasteiger partial charge < -0.3 is 14.5 Å². The van der Waals surface area contributed by atoms with Gasteiger partial charge in [0, 0.05) is 30.6 Å². The van der Waals surface area contributed by atoms with Crippen LogP contribution >= 0.6 is 0 Å². The van der Waals surface area contributed by atoms with Crippen LogP contribution in [0.15, 0.2) is 53.5 Å². The largest absolute Gasteiger partial charge is 0.436 e. The van der Waals surface area contributed by atoms with Crippen LogP contribution in [0.1, 0.15) is 29.1 Å². The standard InChI is InChI=1S/C22H19FN6O4/c1-11(2)32-22(31)27-15-8-24-21-28-18(10-29(21)9-15)16-7-14(5-6-17(16)23)26-20(30)19-12(3)25-13(4)33-19/h5-10H,1H2,2-4H3,(H,26,30)(H,27,31). The maximum absolute atomic E-state index is 14.6. The van der Waals surface area contributed by atoms with E-state index >= 15 is 0 Å². The number of oxazole rings is 1. The summed E-state index contributed by atoms with van der Waals surface area (Å²) in [6, 6.07) is 4.11. The van der Waals surface area contributed by atoms with E-state index in [1.807, 2.05) is 0 Å². The summed E-state index contributed by atoms with van der Waals surface area (Å²) in [6.45, 7) is 8.34. The van der Waals surface area contributed by atoms with E-state index in [9.17, 15) is 14.0 Å². The second-order valence-electron chi connectivity index (χ2n) is 7.19. The van der Waals surface area contributed by atoms with Gasteiger partial charge in [0.2, 0.25) is 11.5 Å². The molecule has 11 heteroatoms. The summed E-state index contributed by atoms with van der Waals surface area (Å²) in [7, 11) is 0. The number of allylic oxidation sites excluding steroid dienone is 1. The molecule has 0 aliphatic rings. The Labute approximate surface area is 187 Å². The van der Waals surface area contributed by atoms with E-state index in [1.165, 1.54) is 28.8 Å². The van der Waals surface area contributed by atoms with Crippen LogP contribution in [0.2, 0.25) is 0 Å². The van der Waals surface area contributed by atoms with Gasteiger partial charge in [-0.25, -0.2) is 24.1 Å². The fourth-order valence-electron chi connectivity index (χ4n) is 3.11. The Balaban J connectivity index is 1.59. The molecule has 4 rings (SSSR count). The second-order valence-corrected chi connectivity index (χ2v) is 7.19. The molecular weight excluding hydrogens is 431 g/mol. The molecule has 0 aliphatic carbocycles. The summed E-state index contributed by atoms with van der Waals surface area (Å²) in [5.41, 5.74) is 1.58. The van der Waals surface area contributed by atoms with Crippen LogP contribution in [-0.2, 0) is 4.74 Å². The molecule has 0 saturated heterocycles. The summed E-state index contributed by atoms with van der Waals surface area (Å²) in [4.78, 5) is 36.8. The molecule has 4 aromatic rings. The zero-order valence-corrected chi connectivity index (χ0v) is 18.0. The molecule has 33 heavy (non-hydrogen) atoms. The highest BCUT2D eigenvalue weighted by Crippen LogP contribution is 2.26. The van der Waals surface area contributed by atoms with Crippen molar-refractivity contribution >= 4 is 29.2 Å². The molecule has 0 aliphatic heterocycles. The van der Waals surface area contributed by atoms with Gasteiger partial charge in [-0.3, -0.25) is 14.5 Å². The molecule has 3 aromatic heterocycles. The van der Waals surface area contributed by atoms with E-state index in [2.05, 4.69) is 32.2 Å². The molecule has 0 bridgehead atoms. The van der Waals surface area contributed by atoms with Crippen LogP contribution in [-0.4, -0.2) is 31.4 Å². The minimum atomic E-state index is -0.712. The van der Waals surface area contributed by atoms with Crippen molar-refractivity contribution in [2.45, 2.75) is 20.8 Å². The zero-order chi connectivity index (χ0) is 23.7. The number of rotatable bonds is 5. The van der Waals surface area contributed by atoms with Gasteiger partial charge in [0.05, 0.1) is 29.0 Å². The summed E-state index contributed by atoms with van der Waals surface area (Å²) < 4.78 is 26.3. The Bertz CT molecular complexity index is 1410. The predicted octanol–water partition coefficient (Wildman–Crippen LogP) is 4.47. The number of halogens is 1. The Morgan fingerprint density at radius 1 is 1.15 bits per heavy atom. The third-order valence-electron chi connectivity index (χ3n) is 4.43. The van der Waals surface area contributed by atoms with Gasteiger partial charge in [-0.2, -0.15) is 0 Å². The molecule has 0 fully saturated rings. The van der Waals surface area contributed by atoms with Crippen LogP contribution in [0.25, 0.3) is 17.0 Å². The van der Waals surface area contributed by atoms with Crippen molar-refractivity contribution in [3.05, 3.63) is 72.3 Å². The average Bonchev–Trinajstić information content (AvgIpc) is 3.30. The van der Waals surface area contributed by atoms with Crippen LogP contribution in [0.4, 0.5) is 20.6 Å². The normalized spacial score (nSPS) is 10.8. The number of imidazole rings is 1. The molecular formula is C22H19FN6O4. The number of aromatic nitrogens is 4. The number of amides is 2. The Morgan fingerprint density at radius 2 is 1.94 bits per heavy atom. The third-order valence-corrected chi connectivity index (χ3v) is 4.43. The molecule has 0 spiro atoms. The average molecular weight is 450 g/mol. The number of aryl methyl sites for hydroxylation is 2. The number of hydrogen-bond donors (Lipinski definition) is 2. The lowest BCUT2D eigenvalue weighted by Gasteiger charge is -2.06. The van der Waals surface area contributed by atoms with E-state index in [-0.39, 0.29) is 28.6 Å². The van der Waals surface area contributed by atoms with Crippen LogP contribution < -0.4 is 10.6 Å². The number of carbonyl (C=O) groups excluding carboxylic acids is 2. The molecule has 0 saturated carbocycles. The van der Waals surface area contributed by atoms with Gasteiger partial charge in [-0.1, -0.05) is 6.58 Å². The minimum Gasteiger partial charge on any atom is -0.436 e. The Kier molecular flexibility index (Phi) is 5.61. The maximum Gasteiger partial charge on any atom is 0.416 e. The lowest BCUT2D eigenvalue weighted by molar-refractivity contribution is 0.0994. The van der Waals surface area contributed by atoms with Gasteiger partial charge in [-0.05, 0) is 32.0 Å². The molecule has 3 heterocycles. The summed E-state index contributed by atoms with van der Waals surface area (Å²) >= 11 is 0. The first-order chi connectivity index (χ1) is 15.7. The second kappa shape index (κ2) is 8.54. The summed E-state index contributed by atoms with van der Waals surface area (Å²) in [5, 5.41) is 5.18. The minimum absolute atomic E-state index is 0.0838. The van der Waals surface area contributed by atoms with E-state index in [0.29, 0.717) is 23.0 Å². The molecule has 2 N–H and O–H groups in total. The number of nitrogens with zero attached hydrogens (tertiary/aromatic N) is 4. The van der Waals surface area contributed by atoms with Crippen molar-refractivity contribution in [3.8, 4) is 11.3 Å². The number of ether oxygens (including phenoxy) is 1. The van der Waals surface area contributed by atoms with Gasteiger partial charge in [-0.15, -0.1) is 0 Å². The first-order valence-electron chi connectivity index (χ1n) is 9.74. The number of fused-ring (bicyclic) bond motifs is 1. The highest BCUT2D eigenvalue weighted by molar-refractivity contribution is 6.03. The smallest absolute Gasteiger partial charge is 0.416 e. The Morgan fingerprint density at radius 3 is 2.64 bits per heavy atom. The van der Waals surface area contributed by atoms with E-state index in [4.69, 9.17) is 9.15 Å². The van der Waals surface area contributed by atoms with Gasteiger partial charge >= 0.3 is 6.09 Å². The monoisotopic (exact) mass is 450 g/mol. The van der Waals surface area contributed by atoms with E-state index < -0.39 is 17.8 Å². The van der Waals surface area contributed by atoms with Gasteiger partial charge in [0.15, 0.2) is 5.89 Å². The molecule has 1 aromatic carbocycles. The molecule has 10 nitrogen and oxygen atoms in total. The summed E-state index contributed by atoms with van der Waals surface area (Å²) in [6.07, 6.45) is 3.78. The Hall–Kier alpha value is -4.54. The first-order valence-corrected chi connectivity index (χ1v) is 9.74. The summed E-state index contributed by atoms with van der Waals surface area (Å²) in [5.74, 6) is -0.0593. The van der Waals surface area contributed by atoms with Crippen molar-refractivity contribution in [1.82, 2.24) is 19.4 Å². The molecule has 2 amide bonds. The number of carbonyl (C=O) groups is 2. The van der Waals surface area contributed by atoms with Crippen LogP contribution in [0.3, 0.4) is 0 Å².